The molecule has 2 nitrogen and oxygen atoms in total. The summed E-state index contributed by atoms with van der Waals surface area (Å²) in [7, 11) is 0. The van der Waals surface area contributed by atoms with Gasteiger partial charge in [-0.05, 0) is 23.8 Å². The van der Waals surface area contributed by atoms with E-state index in [1.54, 1.807) is 6.08 Å². The number of hydrogen-bond donors (Lipinski definition) is 1. The lowest BCUT2D eigenvalue weighted by atomic mass is 10.1. The van der Waals surface area contributed by atoms with Gasteiger partial charge in [0, 0.05) is 18.0 Å². The van der Waals surface area contributed by atoms with Crippen LogP contribution in [0.2, 0.25) is 0 Å². The van der Waals surface area contributed by atoms with Crippen molar-refractivity contribution < 1.29 is 4.79 Å². The van der Waals surface area contributed by atoms with Gasteiger partial charge in [0.15, 0.2) is 5.78 Å². The van der Waals surface area contributed by atoms with Gasteiger partial charge in [-0.1, -0.05) is 66.7 Å². The number of hydrogen-bond acceptors (Lipinski definition) is 1. The van der Waals surface area contributed by atoms with Gasteiger partial charge in [0.1, 0.15) is 0 Å². The molecule has 0 spiro atoms. The fraction of sp³-hybridized carbons (Fsp3) is 0. The summed E-state index contributed by atoms with van der Waals surface area (Å²) < 4.78 is 0. The Balaban J connectivity index is 0.000000272. The van der Waals surface area contributed by atoms with Gasteiger partial charge in [0.25, 0.3) is 0 Å². The molecular formula is C19H17NO. The first-order chi connectivity index (χ1) is 10.4. The highest BCUT2D eigenvalue weighted by atomic mass is 16.1. The molecule has 0 bridgehead atoms. The molecule has 1 heterocycles. The molecule has 0 atom stereocenters. The number of aromatic amines is 1. The van der Waals surface area contributed by atoms with E-state index in [2.05, 4.69) is 4.98 Å². The highest BCUT2D eigenvalue weighted by molar-refractivity contribution is 6.06. The monoisotopic (exact) mass is 275 g/mol. The Bertz CT molecular complexity index is 638. The van der Waals surface area contributed by atoms with E-state index in [9.17, 15) is 4.79 Å². The van der Waals surface area contributed by atoms with Crippen molar-refractivity contribution in [1.29, 1.82) is 0 Å². The SMILES string of the molecule is O=C(C=Cc1ccccc1)c1ccccc1.c1cc[nH]c1. The Hall–Kier alpha value is -2.87. The molecule has 0 aliphatic heterocycles. The van der Waals surface area contributed by atoms with E-state index >= 15 is 0 Å². The first-order valence-corrected chi connectivity index (χ1v) is 6.76. The predicted molar refractivity (Wildman–Crippen MR) is 87.0 cm³/mol. The lowest BCUT2D eigenvalue weighted by Gasteiger charge is -1.94. The molecule has 0 aliphatic carbocycles. The highest BCUT2D eigenvalue weighted by Gasteiger charge is 1.98. The van der Waals surface area contributed by atoms with Gasteiger partial charge < -0.3 is 4.98 Å². The Labute approximate surface area is 124 Å². The maximum Gasteiger partial charge on any atom is 0.185 e. The minimum atomic E-state index is 0.0319. The molecule has 3 aromatic rings. The van der Waals surface area contributed by atoms with Gasteiger partial charge >= 0.3 is 0 Å². The van der Waals surface area contributed by atoms with Crippen molar-refractivity contribution in [2.24, 2.45) is 0 Å². The second-order valence-corrected chi connectivity index (χ2v) is 4.36. The number of benzene rings is 2. The Morgan fingerprint density at radius 1 is 0.762 bits per heavy atom. The molecule has 0 unspecified atom stereocenters. The third-order valence-electron chi connectivity index (χ3n) is 2.78. The average molecular weight is 275 g/mol. The smallest absolute Gasteiger partial charge is 0.185 e. The zero-order chi connectivity index (χ0) is 14.8. The molecule has 0 amide bonds. The Morgan fingerprint density at radius 3 is 1.86 bits per heavy atom. The average Bonchev–Trinajstić information content (AvgIpc) is 3.14. The number of nitrogens with one attached hydrogen (secondary N) is 1. The molecular weight excluding hydrogens is 258 g/mol. The van der Waals surface area contributed by atoms with E-state index in [1.807, 2.05) is 91.3 Å². The highest BCUT2D eigenvalue weighted by Crippen LogP contribution is 2.05. The van der Waals surface area contributed by atoms with Gasteiger partial charge in [-0.25, -0.2) is 0 Å². The van der Waals surface area contributed by atoms with E-state index in [4.69, 9.17) is 0 Å². The molecule has 0 aliphatic rings. The quantitative estimate of drug-likeness (QED) is 0.550. The molecule has 1 N–H and O–H groups in total. The fourth-order valence-corrected chi connectivity index (χ4v) is 1.71. The molecule has 0 saturated heterocycles. The summed E-state index contributed by atoms with van der Waals surface area (Å²) in [4.78, 5) is 14.6. The summed E-state index contributed by atoms with van der Waals surface area (Å²) in [6.45, 7) is 0. The molecule has 0 fully saturated rings. The van der Waals surface area contributed by atoms with Crippen molar-refractivity contribution in [2.45, 2.75) is 0 Å². The molecule has 0 saturated carbocycles. The lowest BCUT2D eigenvalue weighted by Crippen LogP contribution is -1.92. The summed E-state index contributed by atoms with van der Waals surface area (Å²) in [5, 5.41) is 0. The van der Waals surface area contributed by atoms with E-state index in [0.29, 0.717) is 0 Å². The Morgan fingerprint density at radius 2 is 1.33 bits per heavy atom. The third-order valence-corrected chi connectivity index (χ3v) is 2.78. The van der Waals surface area contributed by atoms with Gasteiger partial charge in [0.05, 0.1) is 0 Å². The van der Waals surface area contributed by atoms with Crippen LogP contribution in [-0.4, -0.2) is 10.8 Å². The van der Waals surface area contributed by atoms with Crippen LogP contribution >= 0.6 is 0 Å². The van der Waals surface area contributed by atoms with Crippen LogP contribution in [0.5, 0.6) is 0 Å². The van der Waals surface area contributed by atoms with Crippen LogP contribution in [0.15, 0.2) is 91.3 Å². The minimum absolute atomic E-state index is 0.0319. The van der Waals surface area contributed by atoms with Crippen molar-refractivity contribution >= 4 is 11.9 Å². The van der Waals surface area contributed by atoms with Crippen molar-refractivity contribution in [3.05, 3.63) is 102 Å². The first-order valence-electron chi connectivity index (χ1n) is 6.76. The van der Waals surface area contributed by atoms with Crippen LogP contribution < -0.4 is 0 Å². The molecule has 104 valence electrons. The summed E-state index contributed by atoms with van der Waals surface area (Å²) >= 11 is 0. The zero-order valence-electron chi connectivity index (χ0n) is 11.6. The van der Waals surface area contributed by atoms with Crippen molar-refractivity contribution in [3.63, 3.8) is 0 Å². The maximum absolute atomic E-state index is 11.7. The number of carbonyl (C=O) groups excluding carboxylic acids is 1. The summed E-state index contributed by atoms with van der Waals surface area (Å²) in [5.74, 6) is 0.0319. The molecule has 2 heteroatoms. The van der Waals surface area contributed by atoms with Gasteiger partial charge in [-0.3, -0.25) is 4.79 Å². The van der Waals surface area contributed by atoms with Crippen molar-refractivity contribution in [3.8, 4) is 0 Å². The predicted octanol–water partition coefficient (Wildman–Crippen LogP) is 4.60. The Kier molecular flexibility index (Phi) is 5.77. The van der Waals surface area contributed by atoms with Crippen LogP contribution in [0.25, 0.3) is 6.08 Å². The van der Waals surface area contributed by atoms with E-state index < -0.39 is 0 Å². The second kappa shape index (κ2) is 8.33. The summed E-state index contributed by atoms with van der Waals surface area (Å²) in [6, 6.07) is 22.9. The number of H-pyrrole nitrogens is 1. The molecule has 3 rings (SSSR count). The van der Waals surface area contributed by atoms with Gasteiger partial charge in [-0.15, -0.1) is 0 Å². The molecule has 2 aromatic carbocycles. The zero-order valence-corrected chi connectivity index (χ0v) is 11.6. The largest absolute Gasteiger partial charge is 0.368 e. The molecule has 0 radical (unpaired) electrons. The van der Waals surface area contributed by atoms with Crippen LogP contribution in [0.4, 0.5) is 0 Å². The number of carbonyl (C=O) groups is 1. The first kappa shape index (κ1) is 14.5. The van der Waals surface area contributed by atoms with Crippen molar-refractivity contribution in [2.75, 3.05) is 0 Å². The number of ketones is 1. The summed E-state index contributed by atoms with van der Waals surface area (Å²) in [5.41, 5.74) is 1.75. The van der Waals surface area contributed by atoms with E-state index in [-0.39, 0.29) is 5.78 Å². The second-order valence-electron chi connectivity index (χ2n) is 4.36. The summed E-state index contributed by atoms with van der Waals surface area (Å²) in [6.07, 6.45) is 7.18. The normalized spacial score (nSPS) is 9.90. The lowest BCUT2D eigenvalue weighted by molar-refractivity contribution is 0.104. The fourth-order valence-electron chi connectivity index (χ4n) is 1.71. The van der Waals surface area contributed by atoms with E-state index in [1.165, 1.54) is 0 Å². The third kappa shape index (κ3) is 5.33. The van der Waals surface area contributed by atoms with Crippen LogP contribution in [0, 0.1) is 0 Å². The van der Waals surface area contributed by atoms with Crippen LogP contribution in [0.3, 0.4) is 0 Å². The van der Waals surface area contributed by atoms with E-state index in [0.717, 1.165) is 11.1 Å². The topological polar surface area (TPSA) is 32.9 Å². The van der Waals surface area contributed by atoms with Gasteiger partial charge in [-0.2, -0.15) is 0 Å². The maximum atomic E-state index is 11.7. The number of rotatable bonds is 3. The minimum Gasteiger partial charge on any atom is -0.368 e. The van der Waals surface area contributed by atoms with Crippen LogP contribution in [-0.2, 0) is 0 Å². The van der Waals surface area contributed by atoms with Gasteiger partial charge in [0.2, 0.25) is 0 Å². The number of allylic oxidation sites excluding steroid dienone is 1. The standard InChI is InChI=1S/C15H12O.C4H5N/c16-15(14-9-5-2-6-10-14)12-11-13-7-3-1-4-8-13;1-2-4-5-3-1/h1-12H;1-5H. The van der Waals surface area contributed by atoms with Crippen LogP contribution in [0.1, 0.15) is 15.9 Å². The molecule has 21 heavy (non-hydrogen) atoms. The molecule has 1 aromatic heterocycles. The number of aromatic nitrogens is 1. The van der Waals surface area contributed by atoms with Crippen molar-refractivity contribution in [1.82, 2.24) is 4.98 Å².